The summed E-state index contributed by atoms with van der Waals surface area (Å²) < 4.78 is 0. The first kappa shape index (κ1) is 30.5. The van der Waals surface area contributed by atoms with Crippen molar-refractivity contribution in [2.45, 2.75) is 62.3 Å². The molecule has 0 unspecified atom stereocenters. The van der Waals surface area contributed by atoms with Crippen molar-refractivity contribution in [1.29, 1.82) is 0 Å². The van der Waals surface area contributed by atoms with Crippen LogP contribution < -0.4 is 0 Å². The molecule has 0 N–H and O–H groups in total. The molecular weight excluding hydrogens is 504 g/mol. The van der Waals surface area contributed by atoms with Gasteiger partial charge in [-0.1, -0.05) is 71.9 Å². The topological polar surface area (TPSA) is 0 Å². The molecule has 0 heterocycles. The third-order valence-electron chi connectivity index (χ3n) is 6.33. The van der Waals surface area contributed by atoms with E-state index in [0.717, 1.165) is 16.7 Å². The van der Waals surface area contributed by atoms with Gasteiger partial charge in [0, 0.05) is 32.9 Å². The molecule has 0 amide bonds. The normalized spacial score (nSPS) is 11.4. The molecule has 4 aromatic carbocycles. The van der Waals surface area contributed by atoms with Gasteiger partial charge in [-0.25, -0.2) is 0 Å². The minimum absolute atomic E-state index is 0.0242. The van der Waals surface area contributed by atoms with Crippen LogP contribution in [0.1, 0.15) is 79.0 Å². The SMILES string of the molecule is CC(C)(C)C#Cc1ccc(-c2cc(-c3ccc(C#CC(C)(C)C)cc3)cc(-c3ccc(C#CC(C)(C)C)cc3)c2)cc1. The molecule has 0 radical (unpaired) electrons. The smallest absolute Gasteiger partial charge is 0.0245 e. The van der Waals surface area contributed by atoms with Crippen molar-refractivity contribution in [2.75, 3.05) is 0 Å². The van der Waals surface area contributed by atoms with Crippen LogP contribution in [0.2, 0.25) is 0 Å². The Labute approximate surface area is 254 Å². The highest BCUT2D eigenvalue weighted by Crippen LogP contribution is 2.33. The van der Waals surface area contributed by atoms with Gasteiger partial charge in [0.2, 0.25) is 0 Å². The van der Waals surface area contributed by atoms with Crippen LogP contribution in [-0.2, 0) is 0 Å². The fourth-order valence-corrected chi connectivity index (χ4v) is 4.14. The first-order chi connectivity index (χ1) is 19.6. The molecule has 210 valence electrons. The summed E-state index contributed by atoms with van der Waals surface area (Å²) in [6.07, 6.45) is 0. The van der Waals surface area contributed by atoms with Gasteiger partial charge in [0.15, 0.2) is 0 Å². The Kier molecular flexibility index (Phi) is 8.86. The van der Waals surface area contributed by atoms with Gasteiger partial charge in [0.05, 0.1) is 0 Å². The molecule has 0 bridgehead atoms. The lowest BCUT2D eigenvalue weighted by Crippen LogP contribution is -1.99. The second-order valence-electron chi connectivity index (χ2n) is 14.0. The predicted octanol–water partition coefficient (Wildman–Crippen LogP) is 10.9. The first-order valence-electron chi connectivity index (χ1n) is 14.7. The molecule has 0 saturated heterocycles. The van der Waals surface area contributed by atoms with E-state index in [1.165, 1.54) is 33.4 Å². The van der Waals surface area contributed by atoms with Gasteiger partial charge >= 0.3 is 0 Å². The molecule has 4 aromatic rings. The summed E-state index contributed by atoms with van der Waals surface area (Å²) in [5, 5.41) is 0. The second kappa shape index (κ2) is 12.2. The lowest BCUT2D eigenvalue weighted by molar-refractivity contribution is 0.570. The molecule has 4 rings (SSSR count). The Morgan fingerprint density at radius 3 is 0.714 bits per heavy atom. The van der Waals surface area contributed by atoms with E-state index in [4.69, 9.17) is 0 Å². The van der Waals surface area contributed by atoms with Gasteiger partial charge in [-0.3, -0.25) is 0 Å². The Balaban J connectivity index is 1.76. The Hall–Kier alpha value is -4.44. The monoisotopic (exact) mass is 546 g/mol. The van der Waals surface area contributed by atoms with Gasteiger partial charge in [-0.15, -0.1) is 0 Å². The van der Waals surface area contributed by atoms with E-state index in [-0.39, 0.29) is 16.2 Å². The minimum Gasteiger partial charge on any atom is -0.0920 e. The summed E-state index contributed by atoms with van der Waals surface area (Å²) in [5.74, 6) is 19.9. The van der Waals surface area contributed by atoms with Crippen LogP contribution in [0.4, 0.5) is 0 Å². The zero-order chi connectivity index (χ0) is 30.5. The minimum atomic E-state index is -0.0242. The van der Waals surface area contributed by atoms with Crippen molar-refractivity contribution < 1.29 is 0 Å². The molecule has 0 atom stereocenters. The van der Waals surface area contributed by atoms with E-state index in [1.807, 2.05) is 0 Å². The molecule has 42 heavy (non-hydrogen) atoms. The lowest BCUT2D eigenvalue weighted by Gasteiger charge is -2.12. The summed E-state index contributed by atoms with van der Waals surface area (Å²) in [4.78, 5) is 0. The Morgan fingerprint density at radius 1 is 0.310 bits per heavy atom. The van der Waals surface area contributed by atoms with Crippen LogP contribution in [0.3, 0.4) is 0 Å². The summed E-state index contributed by atoms with van der Waals surface area (Å²) >= 11 is 0. The fourth-order valence-electron chi connectivity index (χ4n) is 4.14. The van der Waals surface area contributed by atoms with Crippen molar-refractivity contribution >= 4 is 0 Å². The van der Waals surface area contributed by atoms with Gasteiger partial charge in [0.25, 0.3) is 0 Å². The van der Waals surface area contributed by atoms with Crippen molar-refractivity contribution in [3.05, 3.63) is 108 Å². The molecule has 0 aliphatic heterocycles. The largest absolute Gasteiger partial charge is 0.0920 e. The maximum absolute atomic E-state index is 3.33. The molecule has 0 heteroatoms. The highest BCUT2D eigenvalue weighted by atomic mass is 14.1. The highest BCUT2D eigenvalue weighted by Gasteiger charge is 2.10. The van der Waals surface area contributed by atoms with Gasteiger partial charge in [-0.2, -0.15) is 0 Å². The number of benzene rings is 4. The van der Waals surface area contributed by atoms with Gasteiger partial charge in [0.1, 0.15) is 0 Å². The zero-order valence-electron chi connectivity index (χ0n) is 26.7. The quantitative estimate of drug-likeness (QED) is 0.224. The Bertz CT molecular complexity index is 1500. The van der Waals surface area contributed by atoms with Crippen LogP contribution in [0.15, 0.2) is 91.0 Å². The number of rotatable bonds is 3. The van der Waals surface area contributed by atoms with Crippen molar-refractivity contribution in [3.8, 4) is 68.9 Å². The molecule has 0 aromatic heterocycles. The third-order valence-corrected chi connectivity index (χ3v) is 6.33. The van der Waals surface area contributed by atoms with Crippen LogP contribution in [-0.4, -0.2) is 0 Å². The van der Waals surface area contributed by atoms with Crippen molar-refractivity contribution in [3.63, 3.8) is 0 Å². The average molecular weight is 547 g/mol. The van der Waals surface area contributed by atoms with E-state index in [1.54, 1.807) is 0 Å². The van der Waals surface area contributed by atoms with Crippen LogP contribution in [0, 0.1) is 51.8 Å². The predicted molar refractivity (Wildman–Crippen MR) is 182 cm³/mol. The molecule has 0 saturated carbocycles. The van der Waals surface area contributed by atoms with Gasteiger partial charge in [-0.05, 0) is 150 Å². The standard InChI is InChI=1S/C42H42/c1-40(2,3)25-22-31-10-16-34(17-11-31)37-28-38(35-18-12-32(13-19-35)23-26-41(4,5)6)30-39(29-37)36-20-14-33(15-21-36)24-27-42(7,8)9/h10-21,28-30H,1-9H3. The molecule has 0 aliphatic rings. The summed E-state index contributed by atoms with van der Waals surface area (Å²) in [5.41, 5.74) is 10.0. The van der Waals surface area contributed by atoms with E-state index in [0.29, 0.717) is 0 Å². The second-order valence-corrected chi connectivity index (χ2v) is 14.0. The molecular formula is C42H42. The molecule has 0 aliphatic carbocycles. The molecule has 0 nitrogen and oxygen atoms in total. The first-order valence-corrected chi connectivity index (χ1v) is 14.7. The van der Waals surface area contributed by atoms with E-state index < -0.39 is 0 Å². The Morgan fingerprint density at radius 2 is 0.524 bits per heavy atom. The number of hydrogen-bond acceptors (Lipinski definition) is 0. The maximum atomic E-state index is 3.33. The van der Waals surface area contributed by atoms with Gasteiger partial charge < -0.3 is 0 Å². The van der Waals surface area contributed by atoms with Crippen LogP contribution in [0.25, 0.3) is 33.4 Å². The molecule has 0 spiro atoms. The van der Waals surface area contributed by atoms with Crippen molar-refractivity contribution in [2.24, 2.45) is 16.2 Å². The highest BCUT2D eigenvalue weighted by molar-refractivity contribution is 5.81. The summed E-state index contributed by atoms with van der Waals surface area (Å²) in [6, 6.07) is 32.6. The number of hydrogen-bond donors (Lipinski definition) is 0. The fraction of sp³-hybridized carbons (Fsp3) is 0.286. The van der Waals surface area contributed by atoms with Crippen molar-refractivity contribution in [1.82, 2.24) is 0 Å². The van der Waals surface area contributed by atoms with E-state index in [2.05, 4.69) is 189 Å². The zero-order valence-corrected chi connectivity index (χ0v) is 26.7. The van der Waals surface area contributed by atoms with E-state index in [9.17, 15) is 0 Å². The summed E-state index contributed by atoms with van der Waals surface area (Å²) in [6.45, 7) is 19.2. The third kappa shape index (κ3) is 9.31. The maximum Gasteiger partial charge on any atom is 0.0245 e. The van der Waals surface area contributed by atoms with Crippen LogP contribution >= 0.6 is 0 Å². The van der Waals surface area contributed by atoms with E-state index >= 15 is 0 Å². The summed E-state index contributed by atoms with van der Waals surface area (Å²) in [7, 11) is 0. The molecule has 0 fully saturated rings. The average Bonchev–Trinajstić information content (AvgIpc) is 2.93. The van der Waals surface area contributed by atoms with Crippen LogP contribution in [0.5, 0.6) is 0 Å². The lowest BCUT2D eigenvalue weighted by atomic mass is 9.92.